The Hall–Kier alpha value is -2.44. The molecule has 2 aromatic carbocycles. The van der Waals surface area contributed by atoms with Gasteiger partial charge in [0.05, 0.1) is 10.2 Å². The van der Waals surface area contributed by atoms with Gasteiger partial charge in [-0.15, -0.1) is 0 Å². The third kappa shape index (κ3) is 5.13. The molecule has 1 aromatic heterocycles. The Morgan fingerprint density at radius 1 is 1.06 bits per heavy atom. The summed E-state index contributed by atoms with van der Waals surface area (Å²) in [5.41, 5.74) is 4.56. The first kappa shape index (κ1) is 22.7. The fourth-order valence-corrected chi connectivity index (χ4v) is 5.19. The van der Waals surface area contributed by atoms with Gasteiger partial charge in [-0.2, -0.15) is 0 Å². The predicted molar refractivity (Wildman–Crippen MR) is 135 cm³/mol. The molecule has 6 heteroatoms. The molecule has 0 aliphatic carbocycles. The largest absolute Gasteiger partial charge is 0.351 e. The molecule has 1 aliphatic rings. The van der Waals surface area contributed by atoms with E-state index in [-0.39, 0.29) is 11.3 Å². The molecule has 4 rings (SSSR count). The summed E-state index contributed by atoms with van der Waals surface area (Å²) in [6.45, 7) is 14.2. The monoisotopic (exact) mass is 450 g/mol. The number of amides is 1. The minimum atomic E-state index is 0.00491. The SMILES string of the molecule is CCc1cccc2sc(N3CCN(CCNC(=O)c4ccc(C(C)(C)C)cc4)CC3)nc12. The lowest BCUT2D eigenvalue weighted by atomic mass is 9.87. The Morgan fingerprint density at radius 2 is 1.78 bits per heavy atom. The average Bonchev–Trinajstić information content (AvgIpc) is 3.23. The van der Waals surface area contributed by atoms with Gasteiger partial charge in [-0.05, 0) is 41.2 Å². The van der Waals surface area contributed by atoms with Crippen molar-refractivity contribution in [2.24, 2.45) is 0 Å². The van der Waals surface area contributed by atoms with E-state index in [0.29, 0.717) is 6.54 Å². The maximum atomic E-state index is 12.5. The Kier molecular flexibility index (Phi) is 6.82. The minimum absolute atomic E-state index is 0.00491. The molecule has 3 aromatic rings. The quantitative estimate of drug-likeness (QED) is 0.591. The summed E-state index contributed by atoms with van der Waals surface area (Å²) in [5, 5.41) is 4.21. The molecule has 1 saturated heterocycles. The summed E-state index contributed by atoms with van der Waals surface area (Å²) < 4.78 is 1.28. The number of anilines is 1. The highest BCUT2D eigenvalue weighted by Crippen LogP contribution is 2.31. The summed E-state index contributed by atoms with van der Waals surface area (Å²) in [6, 6.07) is 14.4. The zero-order chi connectivity index (χ0) is 22.7. The summed E-state index contributed by atoms with van der Waals surface area (Å²) in [6.07, 6.45) is 1.01. The molecule has 0 spiro atoms. The smallest absolute Gasteiger partial charge is 0.251 e. The van der Waals surface area contributed by atoms with Crippen LogP contribution in [0.5, 0.6) is 0 Å². The van der Waals surface area contributed by atoms with Crippen LogP contribution in [0.2, 0.25) is 0 Å². The first-order valence-corrected chi connectivity index (χ1v) is 12.4. The number of nitrogens with zero attached hydrogens (tertiary/aromatic N) is 3. The van der Waals surface area contributed by atoms with Gasteiger partial charge in [0.25, 0.3) is 5.91 Å². The second-order valence-electron chi connectivity index (χ2n) is 9.53. The summed E-state index contributed by atoms with van der Waals surface area (Å²) >= 11 is 1.80. The molecule has 2 heterocycles. The van der Waals surface area contributed by atoms with Crippen molar-refractivity contribution in [1.29, 1.82) is 0 Å². The van der Waals surface area contributed by atoms with Crippen molar-refractivity contribution in [1.82, 2.24) is 15.2 Å². The van der Waals surface area contributed by atoms with Crippen LogP contribution < -0.4 is 10.2 Å². The van der Waals surface area contributed by atoms with Crippen LogP contribution in [0.15, 0.2) is 42.5 Å². The second kappa shape index (κ2) is 9.59. The van der Waals surface area contributed by atoms with E-state index in [9.17, 15) is 4.79 Å². The summed E-state index contributed by atoms with van der Waals surface area (Å²) in [5.74, 6) is 0.00491. The summed E-state index contributed by atoms with van der Waals surface area (Å²) in [4.78, 5) is 22.2. The van der Waals surface area contributed by atoms with Gasteiger partial charge in [-0.1, -0.05) is 63.3 Å². The van der Waals surface area contributed by atoms with Crippen LogP contribution in [-0.2, 0) is 11.8 Å². The van der Waals surface area contributed by atoms with Gasteiger partial charge in [0, 0.05) is 44.8 Å². The van der Waals surface area contributed by atoms with Gasteiger partial charge in [0.2, 0.25) is 0 Å². The number of para-hydroxylation sites is 1. The molecule has 0 radical (unpaired) electrons. The van der Waals surface area contributed by atoms with E-state index >= 15 is 0 Å². The molecule has 1 amide bonds. The number of piperazine rings is 1. The molecule has 0 saturated carbocycles. The molecule has 5 nitrogen and oxygen atoms in total. The third-order valence-electron chi connectivity index (χ3n) is 6.24. The zero-order valence-electron chi connectivity index (χ0n) is 19.6. The van der Waals surface area contributed by atoms with Gasteiger partial charge in [-0.25, -0.2) is 4.98 Å². The first-order valence-electron chi connectivity index (χ1n) is 11.6. The van der Waals surface area contributed by atoms with Gasteiger partial charge in [-0.3, -0.25) is 9.69 Å². The van der Waals surface area contributed by atoms with E-state index in [1.54, 1.807) is 11.3 Å². The van der Waals surface area contributed by atoms with Crippen LogP contribution in [0.1, 0.15) is 49.2 Å². The van der Waals surface area contributed by atoms with Crippen LogP contribution in [0.25, 0.3) is 10.2 Å². The highest BCUT2D eigenvalue weighted by Gasteiger charge is 2.20. The van der Waals surface area contributed by atoms with Gasteiger partial charge < -0.3 is 10.2 Å². The molecule has 1 N–H and O–H groups in total. The van der Waals surface area contributed by atoms with Gasteiger partial charge >= 0.3 is 0 Å². The molecule has 1 aliphatic heterocycles. The molecule has 0 atom stereocenters. The first-order chi connectivity index (χ1) is 15.3. The van der Waals surface area contributed by atoms with Gasteiger partial charge in [0.1, 0.15) is 0 Å². The number of hydrogen-bond donors (Lipinski definition) is 1. The molecule has 32 heavy (non-hydrogen) atoms. The Labute approximate surface area is 195 Å². The number of carbonyl (C=O) groups is 1. The predicted octanol–water partition coefficient (Wildman–Crippen LogP) is 4.71. The third-order valence-corrected chi connectivity index (χ3v) is 7.32. The van der Waals surface area contributed by atoms with Crippen LogP contribution in [0, 0.1) is 0 Å². The fourth-order valence-electron chi connectivity index (χ4n) is 4.13. The van der Waals surface area contributed by atoms with E-state index in [1.807, 2.05) is 12.1 Å². The zero-order valence-corrected chi connectivity index (χ0v) is 20.5. The topological polar surface area (TPSA) is 48.5 Å². The molecule has 1 fully saturated rings. The molecule has 170 valence electrons. The number of aryl methyl sites for hydroxylation is 1. The van der Waals surface area contributed by atoms with E-state index in [1.165, 1.54) is 15.8 Å². The van der Waals surface area contributed by atoms with Crippen LogP contribution >= 0.6 is 11.3 Å². The van der Waals surface area contributed by atoms with E-state index in [0.717, 1.165) is 55.4 Å². The lowest BCUT2D eigenvalue weighted by molar-refractivity contribution is 0.0947. The van der Waals surface area contributed by atoms with Crippen molar-refractivity contribution in [2.75, 3.05) is 44.2 Å². The number of fused-ring (bicyclic) bond motifs is 1. The van der Waals surface area contributed by atoms with Crippen LogP contribution in [-0.4, -0.2) is 55.1 Å². The Morgan fingerprint density at radius 3 is 2.44 bits per heavy atom. The highest BCUT2D eigenvalue weighted by atomic mass is 32.1. The fraction of sp³-hybridized carbons (Fsp3) is 0.462. The number of benzene rings is 2. The number of nitrogens with one attached hydrogen (secondary N) is 1. The second-order valence-corrected chi connectivity index (χ2v) is 10.5. The van der Waals surface area contributed by atoms with Crippen molar-refractivity contribution < 1.29 is 4.79 Å². The number of hydrogen-bond acceptors (Lipinski definition) is 5. The highest BCUT2D eigenvalue weighted by molar-refractivity contribution is 7.22. The van der Waals surface area contributed by atoms with Crippen molar-refractivity contribution in [2.45, 2.75) is 39.5 Å². The molecular weight excluding hydrogens is 416 g/mol. The Bertz CT molecular complexity index is 1060. The van der Waals surface area contributed by atoms with Crippen LogP contribution in [0.4, 0.5) is 5.13 Å². The lowest BCUT2D eigenvalue weighted by Gasteiger charge is -2.34. The van der Waals surface area contributed by atoms with Crippen molar-refractivity contribution in [3.8, 4) is 0 Å². The number of thiazole rings is 1. The number of aromatic nitrogens is 1. The standard InChI is InChI=1S/C26H34N4OS/c1-5-19-7-6-8-22-23(19)28-25(32-22)30-17-15-29(16-18-30)14-13-27-24(31)20-9-11-21(12-10-20)26(2,3)4/h6-12H,5,13-18H2,1-4H3,(H,27,31). The van der Waals surface area contributed by atoms with Gasteiger partial charge in [0.15, 0.2) is 5.13 Å². The molecule has 0 bridgehead atoms. The molecular formula is C26H34N4OS. The van der Waals surface area contributed by atoms with Crippen molar-refractivity contribution in [3.63, 3.8) is 0 Å². The van der Waals surface area contributed by atoms with Crippen LogP contribution in [0.3, 0.4) is 0 Å². The lowest BCUT2D eigenvalue weighted by Crippen LogP contribution is -2.48. The van der Waals surface area contributed by atoms with E-state index in [4.69, 9.17) is 4.98 Å². The Balaban J connectivity index is 1.24. The number of carbonyl (C=O) groups excluding carboxylic acids is 1. The maximum absolute atomic E-state index is 12.5. The number of rotatable bonds is 6. The normalized spacial score (nSPS) is 15.3. The average molecular weight is 451 g/mol. The molecule has 0 unspecified atom stereocenters. The minimum Gasteiger partial charge on any atom is -0.351 e. The van der Waals surface area contributed by atoms with E-state index < -0.39 is 0 Å². The van der Waals surface area contributed by atoms with Crippen molar-refractivity contribution >= 4 is 32.6 Å². The van der Waals surface area contributed by atoms with E-state index in [2.05, 4.69) is 73.1 Å². The summed E-state index contributed by atoms with van der Waals surface area (Å²) in [7, 11) is 0. The van der Waals surface area contributed by atoms with Crippen molar-refractivity contribution in [3.05, 3.63) is 59.2 Å². The maximum Gasteiger partial charge on any atom is 0.251 e.